The van der Waals surface area contributed by atoms with E-state index in [2.05, 4.69) is 20.8 Å². The number of carbonyl (C=O) groups is 2. The van der Waals surface area contributed by atoms with Gasteiger partial charge in [0.2, 0.25) is 5.01 Å². The molecular formula is C22H22FN5O4S. The lowest BCUT2D eigenvalue weighted by Crippen LogP contribution is -2.34. The molecule has 1 aromatic heterocycles. The molecule has 3 aromatic rings. The van der Waals surface area contributed by atoms with Gasteiger partial charge in [0.05, 0.1) is 25.9 Å². The van der Waals surface area contributed by atoms with E-state index in [9.17, 15) is 14.0 Å². The van der Waals surface area contributed by atoms with Crippen LogP contribution in [0.3, 0.4) is 0 Å². The van der Waals surface area contributed by atoms with Gasteiger partial charge in [-0.15, -0.1) is 10.2 Å². The standard InChI is InChI=1S/C22H22FN5O4S/c1-31-15-9-10-16(18(12-15)32-2)25-22(30)28-11-3-4-17(28)20-26-27-21(33-20)19(29)24-14-7-5-13(23)6-8-14/h5-10,12,17H,3-4,11H2,1-2H3,(H,24,29)(H,25,30)/t17-/m1/s1. The number of aromatic nitrogens is 2. The van der Waals surface area contributed by atoms with Crippen LogP contribution in [0.5, 0.6) is 11.5 Å². The maximum absolute atomic E-state index is 13.1. The molecule has 11 heteroatoms. The van der Waals surface area contributed by atoms with Gasteiger partial charge in [-0.05, 0) is 49.2 Å². The molecule has 1 atom stereocenters. The Morgan fingerprint density at radius 2 is 1.88 bits per heavy atom. The van der Waals surface area contributed by atoms with E-state index in [-0.39, 0.29) is 17.1 Å². The van der Waals surface area contributed by atoms with Crippen molar-refractivity contribution in [3.05, 3.63) is 58.3 Å². The fourth-order valence-electron chi connectivity index (χ4n) is 3.53. The number of anilines is 2. The Hall–Kier alpha value is -3.73. The summed E-state index contributed by atoms with van der Waals surface area (Å²) in [7, 11) is 3.07. The molecule has 1 aliphatic rings. The highest BCUT2D eigenvalue weighted by atomic mass is 32.1. The number of amides is 3. The van der Waals surface area contributed by atoms with Gasteiger partial charge in [-0.25, -0.2) is 9.18 Å². The number of nitrogens with zero attached hydrogens (tertiary/aromatic N) is 3. The Kier molecular flexibility index (Phi) is 6.68. The molecule has 4 rings (SSSR count). The van der Waals surface area contributed by atoms with Gasteiger partial charge in [0, 0.05) is 18.3 Å². The Morgan fingerprint density at radius 1 is 1.09 bits per heavy atom. The van der Waals surface area contributed by atoms with Crippen molar-refractivity contribution >= 4 is 34.6 Å². The average Bonchev–Trinajstić information content (AvgIpc) is 3.50. The van der Waals surface area contributed by atoms with E-state index in [0.717, 1.165) is 17.8 Å². The van der Waals surface area contributed by atoms with Crippen molar-refractivity contribution in [1.82, 2.24) is 15.1 Å². The Bertz CT molecular complexity index is 1150. The van der Waals surface area contributed by atoms with Crippen LogP contribution in [0.1, 0.15) is 33.7 Å². The van der Waals surface area contributed by atoms with Gasteiger partial charge in [0.1, 0.15) is 22.3 Å². The summed E-state index contributed by atoms with van der Waals surface area (Å²) in [6.07, 6.45) is 1.51. The predicted molar refractivity (Wildman–Crippen MR) is 122 cm³/mol. The van der Waals surface area contributed by atoms with Gasteiger partial charge in [0.15, 0.2) is 0 Å². The number of rotatable bonds is 6. The summed E-state index contributed by atoms with van der Waals surface area (Å²) in [6.45, 7) is 0.547. The van der Waals surface area contributed by atoms with Crippen molar-refractivity contribution in [3.63, 3.8) is 0 Å². The Balaban J connectivity index is 1.45. The van der Waals surface area contributed by atoms with Crippen LogP contribution in [-0.4, -0.2) is 47.8 Å². The molecule has 9 nitrogen and oxygen atoms in total. The quantitative estimate of drug-likeness (QED) is 0.555. The number of benzene rings is 2. The van der Waals surface area contributed by atoms with E-state index in [1.807, 2.05) is 0 Å². The molecule has 1 aliphatic heterocycles. The minimum atomic E-state index is -0.442. The third-order valence-corrected chi connectivity index (χ3v) is 6.21. The number of halogens is 1. The second-order valence-corrected chi connectivity index (χ2v) is 8.26. The first-order valence-corrected chi connectivity index (χ1v) is 11.0. The second kappa shape index (κ2) is 9.82. The number of methoxy groups -OCH3 is 2. The van der Waals surface area contributed by atoms with Gasteiger partial charge in [-0.1, -0.05) is 11.3 Å². The van der Waals surface area contributed by atoms with Crippen LogP contribution in [0.25, 0.3) is 0 Å². The van der Waals surface area contributed by atoms with Gasteiger partial charge in [-0.2, -0.15) is 0 Å². The highest BCUT2D eigenvalue weighted by Crippen LogP contribution is 2.35. The maximum Gasteiger partial charge on any atom is 0.322 e. The van der Waals surface area contributed by atoms with Crippen molar-refractivity contribution < 1.29 is 23.5 Å². The summed E-state index contributed by atoms with van der Waals surface area (Å²) >= 11 is 1.13. The first kappa shape index (κ1) is 22.5. The van der Waals surface area contributed by atoms with Crippen molar-refractivity contribution in [2.24, 2.45) is 0 Å². The molecule has 172 valence electrons. The SMILES string of the molecule is COc1ccc(NC(=O)N2CCC[C@@H]2c2nnc(C(=O)Nc3ccc(F)cc3)s2)c(OC)c1. The van der Waals surface area contributed by atoms with Crippen molar-refractivity contribution in [3.8, 4) is 11.5 Å². The first-order valence-electron chi connectivity index (χ1n) is 10.2. The molecule has 1 saturated heterocycles. The van der Waals surface area contributed by atoms with Crippen LogP contribution >= 0.6 is 11.3 Å². The lowest BCUT2D eigenvalue weighted by atomic mass is 10.2. The number of ether oxygens (including phenoxy) is 2. The van der Waals surface area contributed by atoms with E-state index in [1.54, 1.807) is 30.2 Å². The van der Waals surface area contributed by atoms with Gasteiger partial charge in [0.25, 0.3) is 5.91 Å². The fraction of sp³-hybridized carbons (Fsp3) is 0.273. The molecule has 2 aromatic carbocycles. The molecule has 33 heavy (non-hydrogen) atoms. The number of carbonyl (C=O) groups excluding carboxylic acids is 2. The summed E-state index contributed by atoms with van der Waals surface area (Å²) in [4.78, 5) is 27.2. The third-order valence-electron chi connectivity index (χ3n) is 5.19. The molecular weight excluding hydrogens is 449 g/mol. The fourth-order valence-corrected chi connectivity index (χ4v) is 4.42. The van der Waals surface area contributed by atoms with E-state index >= 15 is 0 Å². The van der Waals surface area contributed by atoms with E-state index in [0.29, 0.717) is 40.8 Å². The molecule has 0 bridgehead atoms. The summed E-state index contributed by atoms with van der Waals surface area (Å²) in [5, 5.41) is 14.4. The van der Waals surface area contributed by atoms with Crippen LogP contribution < -0.4 is 20.1 Å². The third kappa shape index (κ3) is 5.03. The maximum atomic E-state index is 13.1. The lowest BCUT2D eigenvalue weighted by molar-refractivity contribution is 0.102. The highest BCUT2D eigenvalue weighted by Gasteiger charge is 2.33. The molecule has 0 spiro atoms. The summed E-state index contributed by atoms with van der Waals surface area (Å²) in [5.41, 5.74) is 0.971. The van der Waals surface area contributed by atoms with Crippen molar-refractivity contribution in [2.45, 2.75) is 18.9 Å². The molecule has 0 radical (unpaired) electrons. The van der Waals surface area contributed by atoms with Crippen LogP contribution in [0.15, 0.2) is 42.5 Å². The zero-order valence-electron chi connectivity index (χ0n) is 18.0. The van der Waals surface area contributed by atoms with Crippen LogP contribution in [0.4, 0.5) is 20.6 Å². The van der Waals surface area contributed by atoms with Gasteiger partial charge >= 0.3 is 6.03 Å². The topological polar surface area (TPSA) is 106 Å². The highest BCUT2D eigenvalue weighted by molar-refractivity contribution is 7.13. The zero-order valence-corrected chi connectivity index (χ0v) is 18.8. The molecule has 0 aliphatic carbocycles. The normalized spacial score (nSPS) is 15.2. The second-order valence-electron chi connectivity index (χ2n) is 7.25. The number of hydrogen-bond acceptors (Lipinski definition) is 7. The van der Waals surface area contributed by atoms with Gasteiger partial charge in [-0.3, -0.25) is 4.79 Å². The summed E-state index contributed by atoms with van der Waals surface area (Å²) in [6, 6.07) is 9.99. The number of likely N-dealkylation sites (tertiary alicyclic amines) is 1. The molecule has 2 N–H and O–H groups in total. The van der Waals surface area contributed by atoms with Gasteiger partial charge < -0.3 is 25.0 Å². The van der Waals surface area contributed by atoms with Crippen LogP contribution in [-0.2, 0) is 0 Å². The molecule has 0 saturated carbocycles. The number of urea groups is 1. The van der Waals surface area contributed by atoms with Crippen molar-refractivity contribution in [1.29, 1.82) is 0 Å². The van der Waals surface area contributed by atoms with E-state index in [1.165, 1.54) is 31.4 Å². The average molecular weight is 472 g/mol. The number of hydrogen-bond donors (Lipinski definition) is 2. The molecule has 1 fully saturated rings. The van der Waals surface area contributed by atoms with Crippen molar-refractivity contribution in [2.75, 3.05) is 31.4 Å². The molecule has 0 unspecified atom stereocenters. The van der Waals surface area contributed by atoms with E-state index in [4.69, 9.17) is 9.47 Å². The summed E-state index contributed by atoms with van der Waals surface area (Å²) < 4.78 is 23.6. The monoisotopic (exact) mass is 471 g/mol. The Labute approximate surface area is 193 Å². The zero-order chi connectivity index (χ0) is 23.4. The van der Waals surface area contributed by atoms with E-state index < -0.39 is 11.7 Å². The van der Waals surface area contributed by atoms with Crippen LogP contribution in [0, 0.1) is 5.82 Å². The largest absolute Gasteiger partial charge is 0.497 e. The number of nitrogens with one attached hydrogen (secondary N) is 2. The molecule has 2 heterocycles. The lowest BCUT2D eigenvalue weighted by Gasteiger charge is -2.23. The predicted octanol–water partition coefficient (Wildman–Crippen LogP) is 4.32. The minimum Gasteiger partial charge on any atom is -0.497 e. The summed E-state index contributed by atoms with van der Waals surface area (Å²) in [5.74, 6) is 0.263. The molecule has 3 amide bonds. The minimum absolute atomic E-state index is 0.165. The smallest absolute Gasteiger partial charge is 0.322 e. The van der Waals surface area contributed by atoms with Crippen LogP contribution in [0.2, 0.25) is 0 Å². The Morgan fingerprint density at radius 3 is 2.61 bits per heavy atom. The first-order chi connectivity index (χ1) is 16.0.